The van der Waals surface area contributed by atoms with Crippen LogP contribution in [0.3, 0.4) is 0 Å². The quantitative estimate of drug-likeness (QED) is 0.563. The van der Waals surface area contributed by atoms with Gasteiger partial charge < -0.3 is 0 Å². The number of carbonyl (C=O) groups is 3. The Hall–Kier alpha value is -2.01. The van der Waals surface area contributed by atoms with Gasteiger partial charge in [0, 0.05) is 5.56 Å². The predicted molar refractivity (Wildman–Crippen MR) is 97.1 cm³/mol. The molecule has 0 radical (unpaired) electrons. The van der Waals surface area contributed by atoms with Gasteiger partial charge in [-0.15, -0.1) is 0 Å². The van der Waals surface area contributed by atoms with Crippen LogP contribution < -0.4 is 0 Å². The summed E-state index contributed by atoms with van der Waals surface area (Å²) < 4.78 is 0. The van der Waals surface area contributed by atoms with Gasteiger partial charge >= 0.3 is 0 Å². The number of ketones is 1. The van der Waals surface area contributed by atoms with Crippen LogP contribution in [0, 0.1) is 11.8 Å². The van der Waals surface area contributed by atoms with Gasteiger partial charge in [0.25, 0.3) is 0 Å². The van der Waals surface area contributed by atoms with Gasteiger partial charge in [0.1, 0.15) is 5.54 Å². The van der Waals surface area contributed by atoms with Gasteiger partial charge in [-0.05, 0) is 39.3 Å². The molecule has 0 heterocycles. The first-order chi connectivity index (χ1) is 11.8. The number of hydrogen-bond acceptors (Lipinski definition) is 4. The number of amides is 2. The average Bonchev–Trinajstić information content (AvgIpc) is 3.05. The van der Waals surface area contributed by atoms with Crippen LogP contribution in [0.4, 0.5) is 0 Å². The van der Waals surface area contributed by atoms with E-state index in [0.717, 1.165) is 24.2 Å². The van der Waals surface area contributed by atoms with Crippen LogP contribution in [0.15, 0.2) is 30.3 Å². The first kappa shape index (κ1) is 19.3. The van der Waals surface area contributed by atoms with Gasteiger partial charge in [-0.25, -0.2) is 0 Å². The average molecular weight is 344 g/mol. The Labute approximate surface area is 150 Å². The summed E-state index contributed by atoms with van der Waals surface area (Å²) >= 11 is 0. The van der Waals surface area contributed by atoms with Crippen molar-refractivity contribution in [3.8, 4) is 0 Å². The Morgan fingerprint density at radius 2 is 1.84 bits per heavy atom. The van der Waals surface area contributed by atoms with Crippen molar-refractivity contribution >= 4 is 18.1 Å². The highest BCUT2D eigenvalue weighted by atomic mass is 16.2. The van der Waals surface area contributed by atoms with E-state index in [0.29, 0.717) is 17.9 Å². The molecule has 5 nitrogen and oxygen atoms in total. The number of Topliss-reactive ketones (excluding diaryl/α,β-unsaturated/α-hetero) is 1. The van der Waals surface area contributed by atoms with Crippen molar-refractivity contribution < 1.29 is 14.4 Å². The molecule has 0 bridgehead atoms. The molecule has 1 aliphatic rings. The molecule has 1 aromatic carbocycles. The van der Waals surface area contributed by atoms with Crippen molar-refractivity contribution in [3.63, 3.8) is 0 Å². The lowest BCUT2D eigenvalue weighted by atomic mass is 9.77. The summed E-state index contributed by atoms with van der Waals surface area (Å²) in [5, 5.41) is 0. The monoisotopic (exact) mass is 344 g/mol. The number of hydrogen-bond donors (Lipinski definition) is 0. The molecule has 0 saturated heterocycles. The number of imide groups is 1. The first-order valence-corrected chi connectivity index (χ1v) is 8.84. The fourth-order valence-corrected chi connectivity index (χ4v) is 3.98. The molecular weight excluding hydrogens is 316 g/mol. The lowest BCUT2D eigenvalue weighted by Gasteiger charge is -2.43. The normalized spacial score (nSPS) is 22.4. The molecule has 5 heteroatoms. The zero-order chi connectivity index (χ0) is 18.6. The Bertz CT molecular complexity index is 629. The number of likely N-dealkylation sites (N-methyl/N-ethyl adjacent to an activating group) is 1. The smallest absolute Gasteiger partial charge is 0.249 e. The second-order valence-corrected chi connectivity index (χ2v) is 7.38. The van der Waals surface area contributed by atoms with Gasteiger partial charge in [0.2, 0.25) is 12.3 Å². The van der Waals surface area contributed by atoms with E-state index in [9.17, 15) is 14.4 Å². The molecule has 3 atom stereocenters. The lowest BCUT2D eigenvalue weighted by Crippen LogP contribution is -2.60. The maximum absolute atomic E-state index is 13.2. The van der Waals surface area contributed by atoms with Crippen molar-refractivity contribution in [2.24, 2.45) is 11.8 Å². The minimum absolute atomic E-state index is 0.171. The van der Waals surface area contributed by atoms with E-state index in [1.807, 2.05) is 32.0 Å². The number of benzene rings is 1. The largest absolute Gasteiger partial charge is 0.296 e. The molecule has 136 valence electrons. The molecular formula is C20H28N2O3. The fraction of sp³-hybridized carbons (Fsp3) is 0.550. The number of rotatable bonds is 7. The van der Waals surface area contributed by atoms with Crippen molar-refractivity contribution in [1.82, 2.24) is 9.80 Å². The summed E-state index contributed by atoms with van der Waals surface area (Å²) in [6.45, 7) is 3.83. The van der Waals surface area contributed by atoms with Crippen LogP contribution in [0.2, 0.25) is 0 Å². The Balaban J connectivity index is 2.24. The zero-order valence-electron chi connectivity index (χ0n) is 15.6. The fourth-order valence-electron chi connectivity index (χ4n) is 3.98. The molecule has 0 N–H and O–H groups in total. The standard InChI is InChI=1S/C20H28N2O3/c1-15-9-8-12-17(15)20(2,21(3)4)19(25)22(14-23)13-18(24)16-10-6-5-7-11-16/h5-7,10-11,14-15,17H,8-9,12-13H2,1-4H3. The van der Waals surface area contributed by atoms with E-state index in [4.69, 9.17) is 0 Å². The van der Waals surface area contributed by atoms with Gasteiger partial charge in [-0.2, -0.15) is 0 Å². The Kier molecular flexibility index (Phi) is 6.11. The highest BCUT2D eigenvalue weighted by molar-refractivity contribution is 6.03. The second kappa shape index (κ2) is 7.91. The van der Waals surface area contributed by atoms with E-state index in [1.165, 1.54) is 0 Å². The van der Waals surface area contributed by atoms with Gasteiger partial charge in [0.15, 0.2) is 5.78 Å². The lowest BCUT2D eigenvalue weighted by molar-refractivity contribution is -0.149. The molecule has 0 aromatic heterocycles. The van der Waals surface area contributed by atoms with Crippen LogP contribution >= 0.6 is 0 Å². The molecule has 2 rings (SSSR count). The number of nitrogens with zero attached hydrogens (tertiary/aromatic N) is 2. The Morgan fingerprint density at radius 1 is 1.20 bits per heavy atom. The highest BCUT2D eigenvalue weighted by Gasteiger charge is 2.49. The molecule has 0 aliphatic heterocycles. The van der Waals surface area contributed by atoms with E-state index in [1.54, 1.807) is 24.3 Å². The summed E-state index contributed by atoms with van der Waals surface area (Å²) in [7, 11) is 3.73. The second-order valence-electron chi connectivity index (χ2n) is 7.38. The maximum atomic E-state index is 13.2. The van der Waals surface area contributed by atoms with Crippen LogP contribution in [0.25, 0.3) is 0 Å². The van der Waals surface area contributed by atoms with Gasteiger partial charge in [-0.1, -0.05) is 50.1 Å². The maximum Gasteiger partial charge on any atom is 0.249 e. The molecule has 3 unspecified atom stereocenters. The first-order valence-electron chi connectivity index (χ1n) is 8.84. The molecule has 1 fully saturated rings. The van der Waals surface area contributed by atoms with Crippen molar-refractivity contribution in [1.29, 1.82) is 0 Å². The van der Waals surface area contributed by atoms with E-state index < -0.39 is 5.54 Å². The minimum Gasteiger partial charge on any atom is -0.296 e. The van der Waals surface area contributed by atoms with Crippen molar-refractivity contribution in [2.75, 3.05) is 20.6 Å². The molecule has 0 spiro atoms. The van der Waals surface area contributed by atoms with Crippen molar-refractivity contribution in [2.45, 2.75) is 38.6 Å². The summed E-state index contributed by atoms with van der Waals surface area (Å²) in [4.78, 5) is 40.2. The number of carbonyl (C=O) groups excluding carboxylic acids is 3. The van der Waals surface area contributed by atoms with Crippen molar-refractivity contribution in [3.05, 3.63) is 35.9 Å². The third kappa shape index (κ3) is 3.82. The molecule has 2 amide bonds. The van der Waals surface area contributed by atoms with Crippen LogP contribution in [0.5, 0.6) is 0 Å². The topological polar surface area (TPSA) is 57.7 Å². The van der Waals surface area contributed by atoms with Gasteiger partial charge in [0.05, 0.1) is 6.54 Å². The third-order valence-electron chi connectivity index (χ3n) is 5.74. The molecule has 1 aromatic rings. The summed E-state index contributed by atoms with van der Waals surface area (Å²) in [6.07, 6.45) is 3.63. The molecule has 25 heavy (non-hydrogen) atoms. The van der Waals surface area contributed by atoms with E-state index in [2.05, 4.69) is 6.92 Å². The summed E-state index contributed by atoms with van der Waals surface area (Å²) in [6, 6.07) is 8.75. The van der Waals surface area contributed by atoms with Gasteiger partial charge in [-0.3, -0.25) is 24.2 Å². The van der Waals surface area contributed by atoms with E-state index in [-0.39, 0.29) is 24.2 Å². The summed E-state index contributed by atoms with van der Waals surface area (Å²) in [5.41, 5.74) is -0.295. The Morgan fingerprint density at radius 3 is 2.32 bits per heavy atom. The predicted octanol–water partition coefficient (Wildman–Crippen LogP) is 2.61. The van der Waals surface area contributed by atoms with Crippen LogP contribution in [-0.2, 0) is 9.59 Å². The van der Waals surface area contributed by atoms with E-state index >= 15 is 0 Å². The third-order valence-corrected chi connectivity index (χ3v) is 5.74. The van der Waals surface area contributed by atoms with Crippen LogP contribution in [-0.4, -0.2) is 54.1 Å². The molecule has 1 aliphatic carbocycles. The molecule has 1 saturated carbocycles. The van der Waals surface area contributed by atoms with Crippen LogP contribution in [0.1, 0.15) is 43.5 Å². The summed E-state index contributed by atoms with van der Waals surface area (Å²) in [5.74, 6) is 0.0520. The zero-order valence-corrected chi connectivity index (χ0v) is 15.6. The minimum atomic E-state index is -0.798. The highest BCUT2D eigenvalue weighted by Crippen LogP contribution is 2.41. The SMILES string of the molecule is CC1CCCC1C(C)(C(=O)N(C=O)CC(=O)c1ccccc1)N(C)C.